The summed E-state index contributed by atoms with van der Waals surface area (Å²) in [6.07, 6.45) is 0. The molecule has 1 atom stereocenters. The average Bonchev–Trinajstić information content (AvgIpc) is 2.55. The molecule has 5 nitrogen and oxygen atoms in total. The number of halogens is 1. The van der Waals surface area contributed by atoms with Gasteiger partial charge in [-0.15, -0.1) is 0 Å². The first-order valence-corrected chi connectivity index (χ1v) is 8.24. The van der Waals surface area contributed by atoms with Crippen LogP contribution in [0.5, 0.6) is 0 Å². The normalized spacial score (nSPS) is 17.1. The van der Waals surface area contributed by atoms with Crippen molar-refractivity contribution in [1.82, 2.24) is 10.6 Å². The molecule has 2 aromatic rings. The van der Waals surface area contributed by atoms with Gasteiger partial charge in [0.05, 0.1) is 11.6 Å². The minimum atomic E-state index is -0.514. The summed E-state index contributed by atoms with van der Waals surface area (Å²) in [5.41, 5.74) is 2.55. The molecule has 6 heteroatoms. The number of anilines is 1. The lowest BCUT2D eigenvalue weighted by Gasteiger charge is -2.28. The molecule has 3 amide bonds. The van der Waals surface area contributed by atoms with Crippen molar-refractivity contribution in [2.24, 2.45) is 0 Å². The van der Waals surface area contributed by atoms with Crippen LogP contribution in [0.15, 0.2) is 70.3 Å². The molecule has 1 aliphatic heterocycles. The summed E-state index contributed by atoms with van der Waals surface area (Å²) < 4.78 is 0.883. The highest BCUT2D eigenvalue weighted by atomic mass is 79.9. The first-order valence-electron chi connectivity index (χ1n) is 7.45. The lowest BCUT2D eigenvalue weighted by atomic mass is 9.95. The number of rotatable bonds is 3. The molecule has 0 saturated carbocycles. The molecule has 1 heterocycles. The van der Waals surface area contributed by atoms with Gasteiger partial charge in [-0.2, -0.15) is 0 Å². The summed E-state index contributed by atoms with van der Waals surface area (Å²) in [7, 11) is 0. The standard InChI is InChI=1S/C18H16BrN3O2/c1-11-15(17(23)21-14-8-3-2-4-9-14)16(22-18(24)20-11)12-6-5-7-13(19)10-12/h2-10,16H,1H3,(H,21,23)(H2,20,22,24). The van der Waals surface area contributed by atoms with Gasteiger partial charge in [-0.1, -0.05) is 46.3 Å². The highest BCUT2D eigenvalue weighted by Gasteiger charge is 2.31. The van der Waals surface area contributed by atoms with Crippen LogP contribution >= 0.6 is 15.9 Å². The third-order valence-corrected chi connectivity index (χ3v) is 4.22. The van der Waals surface area contributed by atoms with Crippen molar-refractivity contribution in [3.8, 4) is 0 Å². The van der Waals surface area contributed by atoms with Crippen LogP contribution in [0.2, 0.25) is 0 Å². The zero-order valence-corrected chi connectivity index (χ0v) is 14.6. The van der Waals surface area contributed by atoms with Crippen molar-refractivity contribution in [2.45, 2.75) is 13.0 Å². The molecular formula is C18H16BrN3O2. The zero-order valence-electron chi connectivity index (χ0n) is 13.0. The van der Waals surface area contributed by atoms with E-state index in [0.717, 1.165) is 10.0 Å². The summed E-state index contributed by atoms with van der Waals surface area (Å²) in [6, 6.07) is 15.9. The Morgan fingerprint density at radius 3 is 2.58 bits per heavy atom. The first-order chi connectivity index (χ1) is 11.5. The molecule has 24 heavy (non-hydrogen) atoms. The number of benzene rings is 2. The molecule has 0 aromatic heterocycles. The Balaban J connectivity index is 1.96. The molecule has 3 rings (SSSR count). The summed E-state index contributed by atoms with van der Waals surface area (Å²) >= 11 is 3.42. The number of amides is 3. The number of para-hydroxylation sites is 1. The van der Waals surface area contributed by atoms with E-state index in [1.54, 1.807) is 6.92 Å². The molecule has 0 aliphatic carbocycles. The molecule has 0 radical (unpaired) electrons. The fourth-order valence-corrected chi connectivity index (χ4v) is 3.07. The van der Waals surface area contributed by atoms with Gasteiger partial charge in [-0.25, -0.2) is 4.79 Å². The van der Waals surface area contributed by atoms with Gasteiger partial charge in [-0.05, 0) is 36.8 Å². The van der Waals surface area contributed by atoms with E-state index >= 15 is 0 Å². The molecule has 1 unspecified atom stereocenters. The molecule has 2 aromatic carbocycles. The number of hydrogen-bond donors (Lipinski definition) is 3. The number of allylic oxidation sites excluding steroid dienone is 1. The van der Waals surface area contributed by atoms with Gasteiger partial charge in [-0.3, -0.25) is 4.79 Å². The summed E-state index contributed by atoms with van der Waals surface area (Å²) in [5.74, 6) is -0.254. The Kier molecular flexibility index (Phi) is 4.66. The van der Waals surface area contributed by atoms with Crippen molar-refractivity contribution in [3.63, 3.8) is 0 Å². The Bertz CT molecular complexity index is 818. The van der Waals surface area contributed by atoms with E-state index in [9.17, 15) is 9.59 Å². The lowest BCUT2D eigenvalue weighted by molar-refractivity contribution is -0.113. The van der Waals surface area contributed by atoms with Gasteiger partial charge in [0.15, 0.2) is 0 Å². The van der Waals surface area contributed by atoms with Gasteiger partial charge >= 0.3 is 6.03 Å². The quantitative estimate of drug-likeness (QED) is 0.753. The minimum Gasteiger partial charge on any atom is -0.327 e. The molecule has 3 N–H and O–H groups in total. The first kappa shape index (κ1) is 16.3. The van der Waals surface area contributed by atoms with Crippen LogP contribution in [-0.2, 0) is 4.79 Å². The third kappa shape index (κ3) is 3.49. The largest absolute Gasteiger partial charge is 0.327 e. The number of nitrogens with one attached hydrogen (secondary N) is 3. The second-order valence-electron chi connectivity index (χ2n) is 5.45. The summed E-state index contributed by atoms with van der Waals surface area (Å²) in [6.45, 7) is 1.73. The van der Waals surface area contributed by atoms with Gasteiger partial charge in [0.2, 0.25) is 0 Å². The topological polar surface area (TPSA) is 70.2 Å². The molecule has 0 fully saturated rings. The summed E-state index contributed by atoms with van der Waals surface area (Å²) in [5, 5.41) is 8.36. The van der Waals surface area contributed by atoms with Crippen molar-refractivity contribution in [1.29, 1.82) is 0 Å². The third-order valence-electron chi connectivity index (χ3n) is 3.73. The van der Waals surface area contributed by atoms with Crippen LogP contribution in [0.4, 0.5) is 10.5 Å². The van der Waals surface area contributed by atoms with Crippen molar-refractivity contribution in [2.75, 3.05) is 5.32 Å². The second kappa shape index (κ2) is 6.88. The van der Waals surface area contributed by atoms with E-state index in [-0.39, 0.29) is 11.9 Å². The van der Waals surface area contributed by atoms with Gasteiger partial charge < -0.3 is 16.0 Å². The second-order valence-corrected chi connectivity index (χ2v) is 6.36. The van der Waals surface area contributed by atoms with Crippen molar-refractivity contribution in [3.05, 3.63) is 75.9 Å². The van der Waals surface area contributed by atoms with Crippen molar-refractivity contribution < 1.29 is 9.59 Å². The Morgan fingerprint density at radius 2 is 1.88 bits per heavy atom. The predicted molar refractivity (Wildman–Crippen MR) is 96.3 cm³/mol. The van der Waals surface area contributed by atoms with E-state index in [0.29, 0.717) is 17.0 Å². The monoisotopic (exact) mass is 385 g/mol. The van der Waals surface area contributed by atoms with Gasteiger partial charge in [0.1, 0.15) is 0 Å². The number of urea groups is 1. The summed E-state index contributed by atoms with van der Waals surface area (Å²) in [4.78, 5) is 24.7. The Hall–Kier alpha value is -2.60. The zero-order chi connectivity index (χ0) is 17.1. The maximum atomic E-state index is 12.8. The highest BCUT2D eigenvalue weighted by Crippen LogP contribution is 2.29. The maximum Gasteiger partial charge on any atom is 0.319 e. The van der Waals surface area contributed by atoms with E-state index in [1.165, 1.54) is 0 Å². The average molecular weight is 386 g/mol. The SMILES string of the molecule is CC1=C(C(=O)Nc2ccccc2)C(c2cccc(Br)c2)NC(=O)N1. The van der Waals surface area contributed by atoms with E-state index in [1.807, 2.05) is 54.6 Å². The molecule has 1 aliphatic rings. The maximum absolute atomic E-state index is 12.8. The Labute approximate surface area is 148 Å². The highest BCUT2D eigenvalue weighted by molar-refractivity contribution is 9.10. The fraction of sp³-hybridized carbons (Fsp3) is 0.111. The Morgan fingerprint density at radius 1 is 1.12 bits per heavy atom. The van der Waals surface area contributed by atoms with Crippen LogP contribution in [0.25, 0.3) is 0 Å². The van der Waals surface area contributed by atoms with Gasteiger partial charge in [0, 0.05) is 15.9 Å². The predicted octanol–water partition coefficient (Wildman–Crippen LogP) is 3.72. The smallest absolute Gasteiger partial charge is 0.319 e. The number of carbonyl (C=O) groups excluding carboxylic acids is 2. The van der Waals surface area contributed by atoms with Crippen LogP contribution < -0.4 is 16.0 Å². The van der Waals surface area contributed by atoms with Crippen LogP contribution in [0, 0.1) is 0 Å². The van der Waals surface area contributed by atoms with Crippen LogP contribution in [0.3, 0.4) is 0 Å². The molecule has 0 spiro atoms. The molecular weight excluding hydrogens is 370 g/mol. The van der Waals surface area contributed by atoms with Crippen molar-refractivity contribution >= 4 is 33.6 Å². The minimum absolute atomic E-state index is 0.254. The fourth-order valence-electron chi connectivity index (χ4n) is 2.65. The molecule has 122 valence electrons. The number of hydrogen-bond acceptors (Lipinski definition) is 2. The van der Waals surface area contributed by atoms with E-state index < -0.39 is 6.04 Å². The lowest BCUT2D eigenvalue weighted by Crippen LogP contribution is -2.45. The van der Waals surface area contributed by atoms with Crippen LogP contribution in [-0.4, -0.2) is 11.9 Å². The van der Waals surface area contributed by atoms with E-state index in [4.69, 9.17) is 0 Å². The van der Waals surface area contributed by atoms with Crippen LogP contribution in [0.1, 0.15) is 18.5 Å². The molecule has 0 saturated heterocycles. The number of carbonyl (C=O) groups is 2. The molecule has 0 bridgehead atoms. The van der Waals surface area contributed by atoms with E-state index in [2.05, 4.69) is 31.9 Å². The van der Waals surface area contributed by atoms with Gasteiger partial charge in [0.25, 0.3) is 5.91 Å².